The molecule has 2 aromatic carbocycles. The molecule has 0 atom stereocenters. The van der Waals surface area contributed by atoms with E-state index in [4.69, 9.17) is 0 Å². The molecule has 0 aliphatic rings. The van der Waals surface area contributed by atoms with Crippen molar-refractivity contribution in [2.75, 3.05) is 11.6 Å². The van der Waals surface area contributed by atoms with Gasteiger partial charge < -0.3 is 5.32 Å². The average Bonchev–Trinajstić information content (AvgIpc) is 2.92. The van der Waals surface area contributed by atoms with Crippen molar-refractivity contribution in [1.82, 2.24) is 9.55 Å². The average molecular weight is 283 g/mol. The summed E-state index contributed by atoms with van der Waals surface area (Å²) in [5.74, 6) is 0. The molecular formula is C15H13N3OS. The summed E-state index contributed by atoms with van der Waals surface area (Å²) in [6.07, 6.45) is 3.56. The highest BCUT2D eigenvalue weighted by Crippen LogP contribution is 2.18. The van der Waals surface area contributed by atoms with Crippen LogP contribution in [-0.2, 0) is 0 Å². The summed E-state index contributed by atoms with van der Waals surface area (Å²) in [6, 6.07) is 15.1. The van der Waals surface area contributed by atoms with Gasteiger partial charge in [-0.15, -0.1) is 11.8 Å². The van der Waals surface area contributed by atoms with E-state index >= 15 is 0 Å². The van der Waals surface area contributed by atoms with E-state index in [1.54, 1.807) is 11.8 Å². The van der Waals surface area contributed by atoms with Crippen molar-refractivity contribution in [2.24, 2.45) is 0 Å². The fourth-order valence-corrected chi connectivity index (χ4v) is 2.39. The molecule has 1 heterocycles. The van der Waals surface area contributed by atoms with Gasteiger partial charge >= 0.3 is 6.03 Å². The molecule has 0 bridgehead atoms. The fourth-order valence-electron chi connectivity index (χ4n) is 1.98. The summed E-state index contributed by atoms with van der Waals surface area (Å²) >= 11 is 1.67. The third-order valence-electron chi connectivity index (χ3n) is 3.01. The van der Waals surface area contributed by atoms with Crippen LogP contribution in [0, 0.1) is 0 Å². The monoisotopic (exact) mass is 283 g/mol. The lowest BCUT2D eigenvalue weighted by Crippen LogP contribution is -2.18. The van der Waals surface area contributed by atoms with Crippen molar-refractivity contribution in [2.45, 2.75) is 4.90 Å². The van der Waals surface area contributed by atoms with Gasteiger partial charge in [0, 0.05) is 10.6 Å². The third-order valence-corrected chi connectivity index (χ3v) is 3.76. The predicted molar refractivity (Wildman–Crippen MR) is 82.4 cm³/mol. The Balaban J connectivity index is 1.85. The Morgan fingerprint density at radius 3 is 2.65 bits per heavy atom. The van der Waals surface area contributed by atoms with Crippen molar-refractivity contribution in [3.8, 4) is 0 Å². The minimum absolute atomic E-state index is 0.212. The lowest BCUT2D eigenvalue weighted by atomic mass is 10.3. The number of benzene rings is 2. The first-order valence-electron chi connectivity index (χ1n) is 6.15. The Hall–Kier alpha value is -2.27. The van der Waals surface area contributed by atoms with Crippen LogP contribution >= 0.6 is 11.8 Å². The zero-order valence-electron chi connectivity index (χ0n) is 10.9. The van der Waals surface area contributed by atoms with Gasteiger partial charge in [-0.05, 0) is 42.7 Å². The van der Waals surface area contributed by atoms with Gasteiger partial charge in [0.2, 0.25) is 0 Å². The molecule has 0 radical (unpaired) electrons. The fraction of sp³-hybridized carbons (Fsp3) is 0.0667. The molecule has 5 heteroatoms. The van der Waals surface area contributed by atoms with Crippen LogP contribution in [0.5, 0.6) is 0 Å². The van der Waals surface area contributed by atoms with E-state index in [1.165, 1.54) is 10.9 Å². The Morgan fingerprint density at radius 2 is 1.90 bits per heavy atom. The SMILES string of the molecule is CSc1ccc(NC(=O)n2cnc3ccccc32)cc1. The number of rotatable bonds is 2. The second kappa shape index (κ2) is 5.38. The number of fused-ring (bicyclic) bond motifs is 1. The molecule has 0 aliphatic heterocycles. The maximum atomic E-state index is 12.3. The zero-order valence-corrected chi connectivity index (χ0v) is 11.7. The van der Waals surface area contributed by atoms with Gasteiger partial charge in [-0.2, -0.15) is 0 Å². The van der Waals surface area contributed by atoms with E-state index in [2.05, 4.69) is 10.3 Å². The van der Waals surface area contributed by atoms with Crippen molar-refractivity contribution >= 4 is 34.5 Å². The highest BCUT2D eigenvalue weighted by Gasteiger charge is 2.09. The van der Waals surface area contributed by atoms with Gasteiger partial charge in [0.05, 0.1) is 11.0 Å². The number of nitrogens with one attached hydrogen (secondary N) is 1. The number of carbonyl (C=O) groups excluding carboxylic acids is 1. The molecular weight excluding hydrogens is 270 g/mol. The van der Waals surface area contributed by atoms with E-state index in [-0.39, 0.29) is 6.03 Å². The molecule has 1 amide bonds. The van der Waals surface area contributed by atoms with E-state index in [1.807, 2.05) is 54.8 Å². The molecule has 1 aromatic heterocycles. The van der Waals surface area contributed by atoms with E-state index < -0.39 is 0 Å². The number of hydrogen-bond donors (Lipinski definition) is 1. The number of imidazole rings is 1. The van der Waals surface area contributed by atoms with Crippen molar-refractivity contribution < 1.29 is 4.79 Å². The standard InChI is InChI=1S/C15H13N3OS/c1-20-12-8-6-11(7-9-12)17-15(19)18-10-16-13-4-2-3-5-14(13)18/h2-10H,1H3,(H,17,19). The summed E-state index contributed by atoms with van der Waals surface area (Å²) in [5, 5.41) is 2.86. The summed E-state index contributed by atoms with van der Waals surface area (Å²) < 4.78 is 1.51. The first-order valence-corrected chi connectivity index (χ1v) is 7.38. The van der Waals surface area contributed by atoms with Gasteiger partial charge in [-0.3, -0.25) is 4.57 Å². The van der Waals surface area contributed by atoms with Gasteiger partial charge in [0.1, 0.15) is 6.33 Å². The molecule has 3 aromatic rings. The quantitative estimate of drug-likeness (QED) is 0.727. The van der Waals surface area contributed by atoms with E-state index in [0.29, 0.717) is 0 Å². The van der Waals surface area contributed by atoms with Crippen LogP contribution in [0.2, 0.25) is 0 Å². The predicted octanol–water partition coefficient (Wildman–Crippen LogP) is 3.84. The molecule has 1 N–H and O–H groups in total. The largest absolute Gasteiger partial charge is 0.331 e. The molecule has 100 valence electrons. The maximum Gasteiger partial charge on any atom is 0.331 e. The lowest BCUT2D eigenvalue weighted by molar-refractivity contribution is 0.254. The smallest absolute Gasteiger partial charge is 0.307 e. The molecule has 0 saturated carbocycles. The molecule has 4 nitrogen and oxygen atoms in total. The number of hydrogen-bond acceptors (Lipinski definition) is 3. The Morgan fingerprint density at radius 1 is 1.15 bits per heavy atom. The maximum absolute atomic E-state index is 12.3. The van der Waals surface area contributed by atoms with Gasteiger partial charge in [-0.1, -0.05) is 12.1 Å². The molecule has 20 heavy (non-hydrogen) atoms. The van der Waals surface area contributed by atoms with Crippen LogP contribution in [0.15, 0.2) is 59.8 Å². The van der Waals surface area contributed by atoms with Crippen molar-refractivity contribution in [3.63, 3.8) is 0 Å². The topological polar surface area (TPSA) is 46.9 Å². The number of amides is 1. The molecule has 0 fully saturated rings. The van der Waals surface area contributed by atoms with Gasteiger partial charge in [-0.25, -0.2) is 9.78 Å². The van der Waals surface area contributed by atoms with Crippen LogP contribution in [0.25, 0.3) is 11.0 Å². The molecule has 0 spiro atoms. The van der Waals surface area contributed by atoms with Gasteiger partial charge in [0.25, 0.3) is 0 Å². The lowest BCUT2D eigenvalue weighted by Gasteiger charge is -2.07. The second-order valence-corrected chi connectivity index (χ2v) is 5.14. The number of carbonyl (C=O) groups is 1. The van der Waals surface area contributed by atoms with Crippen LogP contribution < -0.4 is 5.32 Å². The highest BCUT2D eigenvalue weighted by molar-refractivity contribution is 7.98. The Bertz CT molecular complexity index is 749. The van der Waals surface area contributed by atoms with Gasteiger partial charge in [0.15, 0.2) is 0 Å². The van der Waals surface area contributed by atoms with E-state index in [9.17, 15) is 4.79 Å². The minimum atomic E-state index is -0.212. The number of anilines is 1. The van der Waals surface area contributed by atoms with Crippen LogP contribution in [0.1, 0.15) is 0 Å². The summed E-state index contributed by atoms with van der Waals surface area (Å²) in [4.78, 5) is 17.6. The normalized spacial score (nSPS) is 10.7. The first kappa shape index (κ1) is 12.7. The number of thioether (sulfide) groups is 1. The molecule has 3 rings (SSSR count). The Labute approximate surface area is 120 Å². The van der Waals surface area contributed by atoms with Crippen molar-refractivity contribution in [3.05, 3.63) is 54.9 Å². The second-order valence-electron chi connectivity index (χ2n) is 4.26. The highest BCUT2D eigenvalue weighted by atomic mass is 32.2. The zero-order chi connectivity index (χ0) is 13.9. The van der Waals surface area contributed by atoms with Crippen LogP contribution in [-0.4, -0.2) is 21.8 Å². The third kappa shape index (κ3) is 2.40. The number of para-hydroxylation sites is 2. The summed E-state index contributed by atoms with van der Waals surface area (Å²) in [6.45, 7) is 0. The Kier molecular flexibility index (Phi) is 3.43. The summed E-state index contributed by atoms with van der Waals surface area (Å²) in [5.41, 5.74) is 2.37. The minimum Gasteiger partial charge on any atom is -0.307 e. The molecule has 0 saturated heterocycles. The molecule has 0 aliphatic carbocycles. The first-order chi connectivity index (χ1) is 9.78. The molecule has 0 unspecified atom stereocenters. The number of aromatic nitrogens is 2. The van der Waals surface area contributed by atoms with Crippen molar-refractivity contribution in [1.29, 1.82) is 0 Å². The van der Waals surface area contributed by atoms with Crippen LogP contribution in [0.4, 0.5) is 10.5 Å². The summed E-state index contributed by atoms with van der Waals surface area (Å²) in [7, 11) is 0. The van der Waals surface area contributed by atoms with Crippen LogP contribution in [0.3, 0.4) is 0 Å². The number of nitrogens with zero attached hydrogens (tertiary/aromatic N) is 2. The van der Waals surface area contributed by atoms with E-state index in [0.717, 1.165) is 21.6 Å².